The van der Waals surface area contributed by atoms with Gasteiger partial charge in [0.2, 0.25) is 0 Å². The van der Waals surface area contributed by atoms with E-state index in [9.17, 15) is 23.6 Å². The minimum atomic E-state index is -0.977. The summed E-state index contributed by atoms with van der Waals surface area (Å²) >= 11 is 0. The summed E-state index contributed by atoms with van der Waals surface area (Å²) in [5, 5.41) is 6.78. The highest BCUT2D eigenvalue weighted by Crippen LogP contribution is 2.22. The van der Waals surface area contributed by atoms with Crippen molar-refractivity contribution in [2.75, 3.05) is 5.32 Å². The largest absolute Gasteiger partial charge is 0.366 e. The second-order valence-corrected chi connectivity index (χ2v) is 8.68. The zero-order valence-corrected chi connectivity index (χ0v) is 21.2. The van der Waals surface area contributed by atoms with Crippen LogP contribution in [-0.4, -0.2) is 40.5 Å². The number of aromatic nitrogens is 6. The van der Waals surface area contributed by atoms with Crippen LogP contribution in [0.15, 0.2) is 64.3 Å². The summed E-state index contributed by atoms with van der Waals surface area (Å²) in [7, 11) is 1.56. The van der Waals surface area contributed by atoms with Gasteiger partial charge < -0.3 is 11.1 Å². The van der Waals surface area contributed by atoms with E-state index in [2.05, 4.69) is 15.4 Å². The number of hydrogen-bond donors (Lipinski definition) is 2. The van der Waals surface area contributed by atoms with Crippen molar-refractivity contribution in [3.8, 4) is 11.4 Å². The summed E-state index contributed by atoms with van der Waals surface area (Å²) in [6, 6.07) is 12.1. The van der Waals surface area contributed by atoms with E-state index >= 15 is 0 Å². The number of nitrogens with zero attached hydrogens (tertiary/aromatic N) is 6. The number of benzene rings is 2. The molecule has 0 aliphatic heterocycles. The van der Waals surface area contributed by atoms with Crippen molar-refractivity contribution in [1.29, 1.82) is 0 Å². The molecule has 0 saturated carbocycles. The lowest BCUT2D eigenvalue weighted by molar-refractivity contribution is 0.0991. The fraction of sp³-hybridized carbons (Fsp3) is 0.154. The molecule has 2 aromatic carbocycles. The molecule has 0 fully saturated rings. The molecule has 3 aromatic heterocycles. The molecule has 0 radical (unpaired) electrons. The second-order valence-electron chi connectivity index (χ2n) is 8.68. The Morgan fingerprint density at radius 3 is 2.36 bits per heavy atom. The van der Waals surface area contributed by atoms with Gasteiger partial charge in [-0.2, -0.15) is 5.10 Å². The van der Waals surface area contributed by atoms with Crippen molar-refractivity contribution >= 4 is 28.4 Å². The number of rotatable bonds is 6. The van der Waals surface area contributed by atoms with E-state index in [1.807, 2.05) is 0 Å². The molecule has 2 amide bonds. The number of halogens is 1. The van der Waals surface area contributed by atoms with Gasteiger partial charge >= 0.3 is 5.69 Å². The van der Waals surface area contributed by atoms with Crippen molar-refractivity contribution in [2.45, 2.75) is 20.4 Å². The number of carbonyl (C=O) groups excluding carboxylic acids is 2. The van der Waals surface area contributed by atoms with Gasteiger partial charge in [0.15, 0.2) is 11.5 Å². The Bertz CT molecular complexity index is 1900. The van der Waals surface area contributed by atoms with Gasteiger partial charge in [-0.3, -0.25) is 19.1 Å². The van der Waals surface area contributed by atoms with Gasteiger partial charge in [0, 0.05) is 19.8 Å². The molecule has 5 rings (SSSR count). The fourth-order valence-electron chi connectivity index (χ4n) is 4.56. The van der Waals surface area contributed by atoms with Crippen LogP contribution in [0.5, 0.6) is 0 Å². The van der Waals surface area contributed by atoms with Gasteiger partial charge in [-0.15, -0.1) is 0 Å². The number of hydrogen-bond acceptors (Lipinski definition) is 6. The van der Waals surface area contributed by atoms with Crippen LogP contribution in [0, 0.1) is 12.7 Å². The lowest BCUT2D eigenvalue weighted by atomic mass is 10.1. The highest BCUT2D eigenvalue weighted by Gasteiger charge is 2.23. The van der Waals surface area contributed by atoms with Gasteiger partial charge in [-0.1, -0.05) is 6.07 Å². The van der Waals surface area contributed by atoms with Crippen LogP contribution in [0.25, 0.3) is 22.3 Å². The zero-order valence-electron chi connectivity index (χ0n) is 21.2. The van der Waals surface area contributed by atoms with E-state index in [0.717, 1.165) is 0 Å². The molecule has 3 N–H and O–H groups in total. The summed E-state index contributed by atoms with van der Waals surface area (Å²) < 4.78 is 20.4. The quantitative estimate of drug-likeness (QED) is 0.342. The Morgan fingerprint density at radius 1 is 1.05 bits per heavy atom. The summed E-state index contributed by atoms with van der Waals surface area (Å²) in [5.41, 5.74) is 5.08. The topological polar surface area (TPSA) is 152 Å². The average molecular weight is 531 g/mol. The summed E-state index contributed by atoms with van der Waals surface area (Å²) in [5.74, 6) is -2.22. The first kappa shape index (κ1) is 25.3. The van der Waals surface area contributed by atoms with Crippen LogP contribution >= 0.6 is 0 Å². The number of amides is 2. The third-order valence-electron chi connectivity index (χ3n) is 6.31. The number of carbonyl (C=O) groups is 2. The fourth-order valence-corrected chi connectivity index (χ4v) is 4.56. The molecule has 0 aliphatic rings. The normalized spacial score (nSPS) is 11.2. The Labute approximate surface area is 219 Å². The van der Waals surface area contributed by atoms with Gasteiger partial charge in [-0.05, 0) is 56.3 Å². The Balaban J connectivity index is 1.60. The van der Waals surface area contributed by atoms with Crippen molar-refractivity contribution in [1.82, 2.24) is 28.7 Å². The molecule has 198 valence electrons. The summed E-state index contributed by atoms with van der Waals surface area (Å²) in [6.45, 7) is 3.80. The SMILES string of the molecule is CCn1c2c(C(=O)Nc3cccc(C(N)=O)c3F)nccc2c(=O)n1-c1ccc(-n2c(C)nn(C)c2=O)cc1. The summed E-state index contributed by atoms with van der Waals surface area (Å²) in [4.78, 5) is 54.8. The van der Waals surface area contributed by atoms with Crippen LogP contribution in [0.3, 0.4) is 0 Å². The van der Waals surface area contributed by atoms with E-state index in [1.165, 1.54) is 44.4 Å². The predicted octanol–water partition coefficient (Wildman–Crippen LogP) is 1.89. The molecule has 0 aliphatic carbocycles. The van der Waals surface area contributed by atoms with E-state index in [-0.39, 0.29) is 33.5 Å². The summed E-state index contributed by atoms with van der Waals surface area (Å²) in [6.07, 6.45) is 1.32. The monoisotopic (exact) mass is 530 g/mol. The maximum Gasteiger partial charge on any atom is 0.350 e. The number of aryl methyl sites for hydroxylation is 3. The van der Waals surface area contributed by atoms with Crippen LogP contribution in [0.4, 0.5) is 10.1 Å². The number of nitrogens with two attached hydrogens (primary N) is 1. The third-order valence-corrected chi connectivity index (χ3v) is 6.31. The van der Waals surface area contributed by atoms with Crippen molar-refractivity contribution in [3.05, 3.63) is 98.5 Å². The van der Waals surface area contributed by atoms with Crippen molar-refractivity contribution in [2.24, 2.45) is 12.8 Å². The molecule has 39 heavy (non-hydrogen) atoms. The first-order valence-corrected chi connectivity index (χ1v) is 11.9. The minimum Gasteiger partial charge on any atom is -0.366 e. The number of nitrogens with one attached hydrogen (secondary N) is 1. The van der Waals surface area contributed by atoms with E-state index in [1.54, 1.807) is 49.8 Å². The van der Waals surface area contributed by atoms with Crippen LogP contribution in [0.1, 0.15) is 33.6 Å². The Hall–Kier alpha value is -5.33. The smallest absolute Gasteiger partial charge is 0.350 e. The average Bonchev–Trinajstić information content (AvgIpc) is 3.35. The first-order valence-electron chi connectivity index (χ1n) is 11.9. The van der Waals surface area contributed by atoms with E-state index in [0.29, 0.717) is 23.7 Å². The Kier molecular flexibility index (Phi) is 6.18. The molecular weight excluding hydrogens is 507 g/mol. The van der Waals surface area contributed by atoms with Gasteiger partial charge in [0.1, 0.15) is 11.3 Å². The third kappa shape index (κ3) is 4.09. The Morgan fingerprint density at radius 2 is 1.74 bits per heavy atom. The number of anilines is 1. The standard InChI is InChI=1S/C26H23FN8O4/c1-4-33-22-18(12-13-29-21(22)24(37)30-19-7-5-6-17(20(19)27)23(28)36)25(38)35(33)16-10-8-15(9-11-16)34-14(2)31-32(3)26(34)39/h5-13H,4H2,1-3H3,(H2,28,36)(H,30,37). The first-order chi connectivity index (χ1) is 18.6. The molecule has 3 heterocycles. The molecular formula is C26H23FN8O4. The predicted molar refractivity (Wildman–Crippen MR) is 141 cm³/mol. The molecule has 0 bridgehead atoms. The highest BCUT2D eigenvalue weighted by molar-refractivity contribution is 6.10. The molecule has 0 atom stereocenters. The minimum absolute atomic E-state index is 0.108. The van der Waals surface area contributed by atoms with Gasteiger partial charge in [-0.25, -0.2) is 28.1 Å². The maximum absolute atomic E-state index is 14.7. The lowest BCUT2D eigenvalue weighted by Gasteiger charge is -2.13. The highest BCUT2D eigenvalue weighted by atomic mass is 19.1. The van der Waals surface area contributed by atoms with Crippen LogP contribution in [-0.2, 0) is 13.6 Å². The molecule has 13 heteroatoms. The zero-order chi connectivity index (χ0) is 28.0. The molecule has 5 aromatic rings. The number of fused-ring (bicyclic) bond motifs is 1. The van der Waals surface area contributed by atoms with E-state index in [4.69, 9.17) is 5.73 Å². The number of primary amides is 1. The van der Waals surface area contributed by atoms with Crippen LogP contribution in [0.2, 0.25) is 0 Å². The van der Waals surface area contributed by atoms with Crippen molar-refractivity contribution in [3.63, 3.8) is 0 Å². The second kappa shape index (κ2) is 9.52. The molecule has 12 nitrogen and oxygen atoms in total. The molecule has 0 unspecified atom stereocenters. The maximum atomic E-state index is 14.7. The molecule has 0 saturated heterocycles. The lowest BCUT2D eigenvalue weighted by Crippen LogP contribution is -2.23. The van der Waals surface area contributed by atoms with Crippen molar-refractivity contribution < 1.29 is 14.0 Å². The van der Waals surface area contributed by atoms with E-state index < -0.39 is 23.2 Å². The number of pyridine rings is 1. The molecule has 0 spiro atoms. The van der Waals surface area contributed by atoms with Crippen LogP contribution < -0.4 is 22.3 Å². The van der Waals surface area contributed by atoms with Gasteiger partial charge in [0.25, 0.3) is 17.4 Å². The van der Waals surface area contributed by atoms with Gasteiger partial charge in [0.05, 0.1) is 28.0 Å².